The van der Waals surface area contributed by atoms with Crippen LogP contribution in [-0.2, 0) is 0 Å². The maximum atomic E-state index is 8.68. The Morgan fingerprint density at radius 1 is 1.15 bits per heavy atom. The number of nitriles is 1. The van der Waals surface area contributed by atoms with Crippen LogP contribution in [0.3, 0.4) is 0 Å². The topological polar surface area (TPSA) is 27.0 Å². The van der Waals surface area contributed by atoms with Crippen molar-refractivity contribution in [1.82, 2.24) is 4.90 Å². The normalized spacial score (nSPS) is 22.2. The van der Waals surface area contributed by atoms with Gasteiger partial charge >= 0.3 is 0 Å². The summed E-state index contributed by atoms with van der Waals surface area (Å²) >= 11 is 0. The highest BCUT2D eigenvalue weighted by Gasteiger charge is 2.16. The number of allylic oxidation sites excluding steroid dienone is 4. The highest BCUT2D eigenvalue weighted by Crippen LogP contribution is 2.24. The quantitative estimate of drug-likeness (QED) is 0.609. The Hall–Kier alpha value is -1.23. The molecule has 0 amide bonds. The monoisotopic (exact) mass is 174 g/mol. The molecule has 0 aromatic rings. The van der Waals surface area contributed by atoms with Gasteiger partial charge in [0.1, 0.15) is 0 Å². The lowest BCUT2D eigenvalue weighted by molar-refractivity contribution is 0.407. The van der Waals surface area contributed by atoms with Crippen LogP contribution in [0.1, 0.15) is 25.7 Å². The number of rotatable bonds is 1. The smallest absolute Gasteiger partial charge is 0.0947 e. The van der Waals surface area contributed by atoms with Crippen molar-refractivity contribution < 1.29 is 0 Å². The van der Waals surface area contributed by atoms with E-state index in [1.165, 1.54) is 31.6 Å². The van der Waals surface area contributed by atoms with E-state index in [0.717, 1.165) is 18.4 Å². The fraction of sp³-hybridized carbons (Fsp3) is 0.545. The van der Waals surface area contributed by atoms with Gasteiger partial charge in [0.15, 0.2) is 0 Å². The van der Waals surface area contributed by atoms with E-state index >= 15 is 0 Å². The summed E-state index contributed by atoms with van der Waals surface area (Å²) in [4.78, 5) is 2.45. The summed E-state index contributed by atoms with van der Waals surface area (Å²) in [7, 11) is 0. The second-order valence-electron chi connectivity index (χ2n) is 3.66. The van der Waals surface area contributed by atoms with E-state index in [0.29, 0.717) is 0 Å². The molecule has 0 radical (unpaired) electrons. The van der Waals surface area contributed by atoms with Crippen molar-refractivity contribution in [3.63, 3.8) is 0 Å². The predicted molar refractivity (Wildman–Crippen MR) is 51.8 cm³/mol. The summed E-state index contributed by atoms with van der Waals surface area (Å²) in [6.07, 6.45) is 8.72. The zero-order valence-electron chi connectivity index (χ0n) is 7.79. The maximum Gasteiger partial charge on any atom is 0.0947 e. The van der Waals surface area contributed by atoms with Gasteiger partial charge in [-0.25, -0.2) is 0 Å². The average molecular weight is 174 g/mol. The molecule has 0 saturated carbocycles. The van der Waals surface area contributed by atoms with Crippen molar-refractivity contribution in [3.8, 4) is 6.07 Å². The van der Waals surface area contributed by atoms with Gasteiger partial charge in [-0.15, -0.1) is 0 Å². The minimum atomic E-state index is 0.919. The molecular weight excluding hydrogens is 160 g/mol. The van der Waals surface area contributed by atoms with Gasteiger partial charge in [-0.3, -0.25) is 0 Å². The molecule has 2 heteroatoms. The van der Waals surface area contributed by atoms with E-state index in [1.807, 2.05) is 6.08 Å². The van der Waals surface area contributed by atoms with Gasteiger partial charge in [-0.2, -0.15) is 5.26 Å². The minimum absolute atomic E-state index is 0.919. The van der Waals surface area contributed by atoms with Crippen LogP contribution >= 0.6 is 0 Å². The third kappa shape index (κ3) is 1.75. The van der Waals surface area contributed by atoms with Crippen LogP contribution < -0.4 is 0 Å². The van der Waals surface area contributed by atoms with Crippen LogP contribution in [0.2, 0.25) is 0 Å². The molecule has 1 fully saturated rings. The molecule has 0 atom stereocenters. The van der Waals surface area contributed by atoms with Gasteiger partial charge in [-0.1, -0.05) is 0 Å². The maximum absolute atomic E-state index is 8.68. The molecule has 1 saturated heterocycles. The van der Waals surface area contributed by atoms with E-state index in [9.17, 15) is 0 Å². The average Bonchev–Trinajstić information content (AvgIpc) is 2.71. The lowest BCUT2D eigenvalue weighted by atomic mass is 10.0. The highest BCUT2D eigenvalue weighted by atomic mass is 15.1. The Morgan fingerprint density at radius 3 is 2.46 bits per heavy atom. The summed E-state index contributed by atoms with van der Waals surface area (Å²) in [5.41, 5.74) is 2.35. The molecule has 0 N–H and O–H groups in total. The van der Waals surface area contributed by atoms with Gasteiger partial charge in [-0.05, 0) is 37.8 Å². The van der Waals surface area contributed by atoms with Crippen LogP contribution in [0.4, 0.5) is 0 Å². The molecule has 0 aromatic heterocycles. The first-order valence-electron chi connectivity index (χ1n) is 4.95. The lowest BCUT2D eigenvalue weighted by Gasteiger charge is -2.23. The Bertz CT molecular complexity index is 288. The van der Waals surface area contributed by atoms with Crippen molar-refractivity contribution in [2.45, 2.75) is 25.7 Å². The van der Waals surface area contributed by atoms with Gasteiger partial charge in [0.25, 0.3) is 0 Å². The lowest BCUT2D eigenvalue weighted by Crippen LogP contribution is -2.19. The van der Waals surface area contributed by atoms with Crippen molar-refractivity contribution in [3.05, 3.63) is 23.4 Å². The second-order valence-corrected chi connectivity index (χ2v) is 3.66. The van der Waals surface area contributed by atoms with Crippen molar-refractivity contribution in [2.24, 2.45) is 0 Å². The molecule has 1 aliphatic carbocycles. The molecule has 0 unspecified atom stereocenters. The number of hydrogen-bond acceptors (Lipinski definition) is 2. The van der Waals surface area contributed by atoms with Gasteiger partial charge in [0, 0.05) is 24.4 Å². The van der Waals surface area contributed by atoms with Crippen LogP contribution in [0.25, 0.3) is 0 Å². The van der Waals surface area contributed by atoms with E-state index < -0.39 is 0 Å². The molecule has 2 nitrogen and oxygen atoms in total. The van der Waals surface area contributed by atoms with Gasteiger partial charge in [0.2, 0.25) is 0 Å². The first kappa shape index (κ1) is 8.37. The molecule has 0 aromatic carbocycles. The van der Waals surface area contributed by atoms with Crippen LogP contribution in [0, 0.1) is 11.3 Å². The van der Waals surface area contributed by atoms with E-state index in [-0.39, 0.29) is 0 Å². The van der Waals surface area contributed by atoms with E-state index in [4.69, 9.17) is 5.26 Å². The predicted octanol–water partition coefficient (Wildman–Crippen LogP) is 2.21. The molecule has 1 heterocycles. The number of likely N-dealkylation sites (tertiary alicyclic amines) is 1. The summed E-state index contributed by atoms with van der Waals surface area (Å²) in [6.45, 7) is 2.42. The molecule has 68 valence electrons. The zero-order valence-corrected chi connectivity index (χ0v) is 7.79. The van der Waals surface area contributed by atoms with E-state index in [2.05, 4.69) is 17.0 Å². The third-order valence-electron chi connectivity index (χ3n) is 2.78. The Balaban J connectivity index is 2.06. The SMILES string of the molecule is N#CC1=CC=C(N2CCCC2)CC1. The largest absolute Gasteiger partial charge is 0.375 e. The number of nitrogens with zero attached hydrogens (tertiary/aromatic N) is 2. The summed E-state index contributed by atoms with van der Waals surface area (Å²) in [5, 5.41) is 8.68. The molecule has 0 spiro atoms. The first-order chi connectivity index (χ1) is 6.40. The first-order valence-corrected chi connectivity index (χ1v) is 4.95. The van der Waals surface area contributed by atoms with Crippen LogP contribution in [0.5, 0.6) is 0 Å². The summed E-state index contributed by atoms with van der Waals surface area (Å²) in [6, 6.07) is 2.21. The van der Waals surface area contributed by atoms with Crippen molar-refractivity contribution in [2.75, 3.05) is 13.1 Å². The third-order valence-corrected chi connectivity index (χ3v) is 2.78. The molecule has 0 bridgehead atoms. The molecule has 2 rings (SSSR count). The summed E-state index contributed by atoms with van der Waals surface area (Å²) < 4.78 is 0. The van der Waals surface area contributed by atoms with Crippen LogP contribution in [-0.4, -0.2) is 18.0 Å². The zero-order chi connectivity index (χ0) is 9.10. The second kappa shape index (κ2) is 3.66. The number of hydrogen-bond donors (Lipinski definition) is 0. The fourth-order valence-corrected chi connectivity index (χ4v) is 1.99. The highest BCUT2D eigenvalue weighted by molar-refractivity contribution is 5.32. The molecule has 13 heavy (non-hydrogen) atoms. The molecule has 2 aliphatic rings. The Labute approximate surface area is 79.2 Å². The van der Waals surface area contributed by atoms with Crippen molar-refractivity contribution >= 4 is 0 Å². The van der Waals surface area contributed by atoms with E-state index in [1.54, 1.807) is 0 Å². The fourth-order valence-electron chi connectivity index (χ4n) is 1.99. The standard InChI is InChI=1S/C11H14N2/c12-9-10-3-5-11(6-4-10)13-7-1-2-8-13/h3,5H,1-2,4,6-8H2. The molecular formula is C11H14N2. The van der Waals surface area contributed by atoms with Gasteiger partial charge < -0.3 is 4.90 Å². The van der Waals surface area contributed by atoms with Crippen LogP contribution in [0.15, 0.2) is 23.4 Å². The Kier molecular flexibility index (Phi) is 2.35. The minimum Gasteiger partial charge on any atom is -0.375 e. The Morgan fingerprint density at radius 2 is 1.92 bits per heavy atom. The molecule has 1 aliphatic heterocycles. The van der Waals surface area contributed by atoms with Gasteiger partial charge in [0.05, 0.1) is 6.07 Å². The van der Waals surface area contributed by atoms with Crippen molar-refractivity contribution in [1.29, 1.82) is 5.26 Å². The summed E-state index contributed by atoms with van der Waals surface area (Å²) in [5.74, 6) is 0.